The summed E-state index contributed by atoms with van der Waals surface area (Å²) in [6.07, 6.45) is -6.62. The van der Waals surface area contributed by atoms with Gasteiger partial charge in [0.1, 0.15) is 0 Å². The largest absolute Gasteiger partial charge is 0.417 e. The summed E-state index contributed by atoms with van der Waals surface area (Å²) in [4.78, 5) is 24.7. The Morgan fingerprint density at radius 1 is 0.909 bits per heavy atom. The molecule has 0 spiro atoms. The molecule has 2 aromatic rings. The second kappa shape index (κ2) is 8.35. The van der Waals surface area contributed by atoms with E-state index in [1.807, 2.05) is 0 Å². The molecule has 1 saturated carbocycles. The van der Waals surface area contributed by atoms with E-state index in [1.165, 1.54) is 12.1 Å². The van der Waals surface area contributed by atoms with Crippen LogP contribution in [0.5, 0.6) is 0 Å². The van der Waals surface area contributed by atoms with Gasteiger partial charge in [-0.25, -0.2) is 0 Å². The van der Waals surface area contributed by atoms with Crippen LogP contribution in [0.4, 0.5) is 26.3 Å². The van der Waals surface area contributed by atoms with Crippen LogP contribution in [0.2, 0.25) is 0 Å². The molecule has 2 aliphatic carbocycles. The number of allylic oxidation sites excluding steroid dienone is 2. The third kappa shape index (κ3) is 5.12. The summed E-state index contributed by atoms with van der Waals surface area (Å²) >= 11 is 0. The van der Waals surface area contributed by atoms with Crippen molar-refractivity contribution in [2.45, 2.75) is 44.1 Å². The molecule has 0 heterocycles. The van der Waals surface area contributed by atoms with E-state index < -0.39 is 34.8 Å². The summed E-state index contributed by atoms with van der Waals surface area (Å²) in [5.41, 5.74) is -1.86. The van der Waals surface area contributed by atoms with E-state index >= 15 is 0 Å². The van der Waals surface area contributed by atoms with Crippen molar-refractivity contribution in [2.75, 3.05) is 0 Å². The predicted molar refractivity (Wildman–Crippen MR) is 108 cm³/mol. The Labute approximate surface area is 185 Å². The SMILES string of the molecule is O=C(C=C(c1cccc(C(F)(F)F)c1)C(F)(F)F)c1ccc2c(c1)CCC2NC(=O)C1CC1. The first kappa shape index (κ1) is 23.1. The topological polar surface area (TPSA) is 46.2 Å². The average molecular weight is 467 g/mol. The lowest BCUT2D eigenvalue weighted by Gasteiger charge is -2.15. The highest BCUT2D eigenvalue weighted by molar-refractivity contribution is 6.09. The number of nitrogens with one attached hydrogen (secondary N) is 1. The average Bonchev–Trinajstić information content (AvgIpc) is 3.52. The van der Waals surface area contributed by atoms with Crippen LogP contribution in [-0.2, 0) is 17.4 Å². The van der Waals surface area contributed by atoms with Gasteiger partial charge >= 0.3 is 12.4 Å². The second-order valence-corrected chi connectivity index (χ2v) is 8.29. The zero-order chi connectivity index (χ0) is 24.0. The van der Waals surface area contributed by atoms with Crippen LogP contribution in [0.3, 0.4) is 0 Å². The minimum Gasteiger partial charge on any atom is -0.349 e. The highest BCUT2D eigenvalue weighted by Gasteiger charge is 2.38. The van der Waals surface area contributed by atoms with Crippen LogP contribution in [0.25, 0.3) is 5.57 Å². The summed E-state index contributed by atoms with van der Waals surface area (Å²) in [5.74, 6) is -0.948. The van der Waals surface area contributed by atoms with Gasteiger partial charge < -0.3 is 5.32 Å². The van der Waals surface area contributed by atoms with Crippen molar-refractivity contribution in [3.05, 3.63) is 76.4 Å². The van der Waals surface area contributed by atoms with Crippen LogP contribution in [-0.4, -0.2) is 17.9 Å². The monoisotopic (exact) mass is 467 g/mol. The number of carbonyl (C=O) groups excluding carboxylic acids is 2. The van der Waals surface area contributed by atoms with Gasteiger partial charge in [0, 0.05) is 11.5 Å². The molecule has 1 atom stereocenters. The van der Waals surface area contributed by atoms with E-state index in [0.717, 1.165) is 36.1 Å². The minimum absolute atomic E-state index is 0.00311. The Morgan fingerprint density at radius 3 is 2.27 bits per heavy atom. The van der Waals surface area contributed by atoms with E-state index in [-0.39, 0.29) is 23.4 Å². The van der Waals surface area contributed by atoms with Gasteiger partial charge in [0.25, 0.3) is 0 Å². The summed E-state index contributed by atoms with van der Waals surface area (Å²) in [5, 5.41) is 2.96. The van der Waals surface area contributed by atoms with Gasteiger partial charge in [-0.2, -0.15) is 26.3 Å². The molecule has 0 radical (unpaired) electrons. The highest BCUT2D eigenvalue weighted by atomic mass is 19.4. The fourth-order valence-electron chi connectivity index (χ4n) is 3.96. The van der Waals surface area contributed by atoms with Gasteiger partial charge in [-0.1, -0.05) is 24.3 Å². The fraction of sp³-hybridized carbons (Fsp3) is 0.333. The zero-order valence-corrected chi connectivity index (χ0v) is 17.2. The first-order valence-corrected chi connectivity index (χ1v) is 10.4. The fourth-order valence-corrected chi connectivity index (χ4v) is 3.96. The number of alkyl halides is 6. The third-order valence-corrected chi connectivity index (χ3v) is 5.85. The molecular weight excluding hydrogens is 448 g/mol. The molecule has 1 amide bonds. The van der Waals surface area contributed by atoms with Crippen LogP contribution in [0, 0.1) is 5.92 Å². The number of ketones is 1. The number of fused-ring (bicyclic) bond motifs is 1. The van der Waals surface area contributed by atoms with Crippen molar-refractivity contribution in [2.24, 2.45) is 5.92 Å². The molecule has 1 N–H and O–H groups in total. The molecule has 3 nitrogen and oxygen atoms in total. The molecule has 0 bridgehead atoms. The highest BCUT2D eigenvalue weighted by Crippen LogP contribution is 2.38. The summed E-state index contributed by atoms with van der Waals surface area (Å²) < 4.78 is 79.7. The number of carbonyl (C=O) groups is 2. The van der Waals surface area contributed by atoms with Crippen molar-refractivity contribution >= 4 is 17.3 Å². The Morgan fingerprint density at radius 2 is 1.64 bits per heavy atom. The molecule has 174 valence electrons. The molecular formula is C24H19F6NO2. The van der Waals surface area contributed by atoms with E-state index in [4.69, 9.17) is 0 Å². The summed E-state index contributed by atoms with van der Waals surface area (Å²) in [6.45, 7) is 0. The van der Waals surface area contributed by atoms with Gasteiger partial charge in [-0.15, -0.1) is 0 Å². The van der Waals surface area contributed by atoms with Crippen molar-refractivity contribution in [1.29, 1.82) is 0 Å². The Kier molecular flexibility index (Phi) is 5.84. The molecule has 1 unspecified atom stereocenters. The van der Waals surface area contributed by atoms with Gasteiger partial charge in [0.05, 0.1) is 17.2 Å². The lowest BCUT2D eigenvalue weighted by molar-refractivity contribution is -0.137. The summed E-state index contributed by atoms with van der Waals surface area (Å²) in [6, 6.07) is 7.06. The lowest BCUT2D eigenvalue weighted by atomic mass is 9.97. The number of aryl methyl sites for hydroxylation is 1. The van der Waals surface area contributed by atoms with Gasteiger partial charge in [-0.3, -0.25) is 9.59 Å². The van der Waals surface area contributed by atoms with E-state index in [0.29, 0.717) is 31.1 Å². The van der Waals surface area contributed by atoms with Crippen molar-refractivity contribution in [1.82, 2.24) is 5.32 Å². The Balaban J connectivity index is 1.61. The Hall–Kier alpha value is -3.10. The first-order valence-electron chi connectivity index (χ1n) is 10.4. The maximum absolute atomic E-state index is 13.6. The molecule has 33 heavy (non-hydrogen) atoms. The third-order valence-electron chi connectivity index (χ3n) is 5.85. The summed E-state index contributed by atoms with van der Waals surface area (Å²) in [7, 11) is 0. The van der Waals surface area contributed by atoms with Gasteiger partial charge in [0.2, 0.25) is 5.91 Å². The molecule has 2 aliphatic rings. The molecule has 0 saturated heterocycles. The van der Waals surface area contributed by atoms with Crippen molar-refractivity contribution in [3.8, 4) is 0 Å². The van der Waals surface area contributed by atoms with Gasteiger partial charge in [0.15, 0.2) is 5.78 Å². The smallest absolute Gasteiger partial charge is 0.349 e. The molecule has 1 fully saturated rings. The second-order valence-electron chi connectivity index (χ2n) is 8.29. The van der Waals surface area contributed by atoms with E-state index in [1.54, 1.807) is 6.07 Å². The zero-order valence-electron chi connectivity index (χ0n) is 17.2. The number of hydrogen-bond donors (Lipinski definition) is 1. The number of halogens is 6. The molecule has 0 aromatic heterocycles. The number of benzene rings is 2. The number of hydrogen-bond acceptors (Lipinski definition) is 2. The lowest BCUT2D eigenvalue weighted by Crippen LogP contribution is -2.28. The molecule has 4 rings (SSSR count). The van der Waals surface area contributed by atoms with E-state index in [9.17, 15) is 35.9 Å². The quantitative estimate of drug-likeness (QED) is 0.331. The normalized spacial score (nSPS) is 18.7. The predicted octanol–water partition coefficient (Wildman–Crippen LogP) is 6.05. The maximum Gasteiger partial charge on any atom is 0.417 e. The minimum atomic E-state index is -5.03. The number of amides is 1. The van der Waals surface area contributed by atoms with E-state index in [2.05, 4.69) is 5.32 Å². The molecule has 2 aromatic carbocycles. The molecule has 9 heteroatoms. The molecule has 0 aliphatic heterocycles. The first-order chi connectivity index (χ1) is 15.4. The Bertz CT molecular complexity index is 1130. The van der Waals surface area contributed by atoms with Crippen LogP contribution >= 0.6 is 0 Å². The van der Waals surface area contributed by atoms with Crippen LogP contribution < -0.4 is 5.32 Å². The standard InChI is InChI=1S/C24H19F6NO2/c25-23(26,27)17-3-1-2-15(11-17)19(24(28,29)30)12-21(32)16-6-8-18-14(10-16)7-9-20(18)31-22(33)13-4-5-13/h1-3,6,8,10-13,20H,4-5,7,9H2,(H,31,33). The number of rotatable bonds is 5. The van der Waals surface area contributed by atoms with Crippen LogP contribution in [0.15, 0.2) is 48.5 Å². The van der Waals surface area contributed by atoms with Gasteiger partial charge in [-0.05, 0) is 66.6 Å². The van der Waals surface area contributed by atoms with Crippen molar-refractivity contribution < 1.29 is 35.9 Å². The van der Waals surface area contributed by atoms with Crippen molar-refractivity contribution in [3.63, 3.8) is 0 Å². The van der Waals surface area contributed by atoms with Crippen LogP contribution in [0.1, 0.15) is 57.9 Å². The maximum atomic E-state index is 13.6.